The van der Waals surface area contributed by atoms with Crippen LogP contribution in [-0.2, 0) is 16.6 Å². The van der Waals surface area contributed by atoms with Gasteiger partial charge >= 0.3 is 0 Å². The Bertz CT molecular complexity index is 844. The summed E-state index contributed by atoms with van der Waals surface area (Å²) in [5.41, 5.74) is 2.59. The van der Waals surface area contributed by atoms with Gasteiger partial charge in [-0.3, -0.25) is 4.79 Å². The first-order valence-corrected chi connectivity index (χ1v) is 10.2. The number of aryl methyl sites for hydroxylation is 1. The molecule has 2 aromatic rings. The average molecular weight is 375 g/mol. The Morgan fingerprint density at radius 1 is 1.04 bits per heavy atom. The van der Waals surface area contributed by atoms with Crippen molar-refractivity contribution in [2.24, 2.45) is 5.92 Å². The first kappa shape index (κ1) is 20.1. The quantitative estimate of drug-likeness (QED) is 0.745. The van der Waals surface area contributed by atoms with E-state index in [1.54, 1.807) is 0 Å². The highest BCUT2D eigenvalue weighted by Gasteiger charge is 2.14. The van der Waals surface area contributed by atoms with Gasteiger partial charge in [0.25, 0.3) is 5.91 Å². The number of hydrogen-bond donors (Lipinski definition) is 2. The lowest BCUT2D eigenvalue weighted by molar-refractivity contribution is 0.0951. The number of carbonyl (C=O) groups is 1. The fraction of sp³-hybridized carbons (Fsp3) is 0.350. The Hall–Kier alpha value is -2.18. The van der Waals surface area contributed by atoms with Crippen molar-refractivity contribution in [3.63, 3.8) is 0 Å². The minimum absolute atomic E-state index is 0.164. The first-order chi connectivity index (χ1) is 12.3. The van der Waals surface area contributed by atoms with Crippen LogP contribution in [0.1, 0.15) is 41.8 Å². The lowest BCUT2D eigenvalue weighted by Gasteiger charge is -2.10. The van der Waals surface area contributed by atoms with Crippen molar-refractivity contribution < 1.29 is 13.2 Å². The van der Waals surface area contributed by atoms with Gasteiger partial charge in [0.15, 0.2) is 0 Å². The van der Waals surface area contributed by atoms with E-state index in [-0.39, 0.29) is 10.8 Å². The highest BCUT2D eigenvalue weighted by atomic mass is 32.2. The summed E-state index contributed by atoms with van der Waals surface area (Å²) < 4.78 is 27.0. The van der Waals surface area contributed by atoms with E-state index in [0.717, 1.165) is 17.5 Å². The van der Waals surface area contributed by atoms with Gasteiger partial charge in [0, 0.05) is 18.7 Å². The SMILES string of the molecule is Cc1ccccc1CNC(=O)c1ccc(S(=O)(=O)NCCC(C)C)cc1. The molecular formula is C20H26N2O3S. The van der Waals surface area contributed by atoms with Crippen LogP contribution in [-0.4, -0.2) is 20.9 Å². The smallest absolute Gasteiger partial charge is 0.251 e. The Morgan fingerprint density at radius 3 is 2.31 bits per heavy atom. The van der Waals surface area contributed by atoms with Crippen LogP contribution in [0.15, 0.2) is 53.4 Å². The van der Waals surface area contributed by atoms with E-state index in [4.69, 9.17) is 0 Å². The van der Waals surface area contributed by atoms with Crippen LogP contribution in [0.3, 0.4) is 0 Å². The molecule has 2 rings (SSSR count). The van der Waals surface area contributed by atoms with Crippen LogP contribution in [0.5, 0.6) is 0 Å². The molecule has 0 radical (unpaired) electrons. The zero-order valence-corrected chi connectivity index (χ0v) is 16.3. The van der Waals surface area contributed by atoms with Crippen molar-refractivity contribution in [2.75, 3.05) is 6.54 Å². The molecule has 6 heteroatoms. The predicted octanol–water partition coefficient (Wildman–Crippen LogP) is 3.25. The summed E-state index contributed by atoms with van der Waals surface area (Å²) >= 11 is 0. The molecule has 0 bridgehead atoms. The molecule has 2 aromatic carbocycles. The van der Waals surface area contributed by atoms with Crippen LogP contribution in [0.2, 0.25) is 0 Å². The minimum atomic E-state index is -3.54. The third kappa shape index (κ3) is 5.68. The van der Waals surface area contributed by atoms with Gasteiger partial charge in [-0.05, 0) is 54.7 Å². The van der Waals surface area contributed by atoms with Crippen LogP contribution in [0.25, 0.3) is 0 Å². The molecule has 0 saturated heterocycles. The summed E-state index contributed by atoms with van der Waals surface area (Å²) in [4.78, 5) is 12.4. The topological polar surface area (TPSA) is 75.3 Å². The van der Waals surface area contributed by atoms with Crippen molar-refractivity contribution in [1.82, 2.24) is 10.0 Å². The van der Waals surface area contributed by atoms with Gasteiger partial charge in [0.05, 0.1) is 4.90 Å². The highest BCUT2D eigenvalue weighted by Crippen LogP contribution is 2.12. The van der Waals surface area contributed by atoms with Gasteiger partial charge in [0.2, 0.25) is 10.0 Å². The standard InChI is InChI=1S/C20H26N2O3S/c1-15(2)12-13-22-26(24,25)19-10-8-17(9-11-19)20(23)21-14-18-7-5-4-6-16(18)3/h4-11,15,22H,12-14H2,1-3H3,(H,21,23). The van der Waals surface area contributed by atoms with E-state index >= 15 is 0 Å². The van der Waals surface area contributed by atoms with Gasteiger partial charge in [-0.25, -0.2) is 13.1 Å². The molecule has 0 unspecified atom stereocenters. The monoisotopic (exact) mass is 374 g/mol. The normalized spacial score (nSPS) is 11.5. The molecule has 0 aliphatic rings. The first-order valence-electron chi connectivity index (χ1n) is 8.72. The lowest BCUT2D eigenvalue weighted by Crippen LogP contribution is -2.26. The molecule has 1 amide bonds. The van der Waals surface area contributed by atoms with E-state index in [9.17, 15) is 13.2 Å². The van der Waals surface area contributed by atoms with Crippen LogP contribution < -0.4 is 10.0 Å². The molecule has 0 fully saturated rings. The van der Waals surface area contributed by atoms with E-state index in [1.807, 2.05) is 45.0 Å². The fourth-order valence-corrected chi connectivity index (χ4v) is 3.48. The maximum Gasteiger partial charge on any atom is 0.251 e. The molecule has 0 aliphatic carbocycles. The van der Waals surface area contributed by atoms with Crippen LogP contribution >= 0.6 is 0 Å². The third-order valence-corrected chi connectivity index (χ3v) is 5.62. The Kier molecular flexibility index (Phi) is 6.94. The summed E-state index contributed by atoms with van der Waals surface area (Å²) in [6, 6.07) is 13.8. The van der Waals surface area contributed by atoms with Crippen LogP contribution in [0, 0.1) is 12.8 Å². The van der Waals surface area contributed by atoms with E-state index in [0.29, 0.717) is 24.6 Å². The second-order valence-corrected chi connectivity index (χ2v) is 8.48. The van der Waals surface area contributed by atoms with Crippen molar-refractivity contribution in [3.05, 3.63) is 65.2 Å². The molecule has 26 heavy (non-hydrogen) atoms. The molecular weight excluding hydrogens is 348 g/mol. The van der Waals surface area contributed by atoms with Crippen molar-refractivity contribution in [2.45, 2.75) is 38.6 Å². The average Bonchev–Trinajstić information content (AvgIpc) is 2.60. The maximum atomic E-state index is 12.3. The molecule has 5 nitrogen and oxygen atoms in total. The number of rotatable bonds is 8. The van der Waals surface area contributed by atoms with E-state index in [1.165, 1.54) is 24.3 Å². The third-order valence-electron chi connectivity index (χ3n) is 4.14. The lowest BCUT2D eigenvalue weighted by atomic mass is 10.1. The Morgan fingerprint density at radius 2 is 1.69 bits per heavy atom. The second-order valence-electron chi connectivity index (χ2n) is 6.71. The van der Waals surface area contributed by atoms with Gasteiger partial charge < -0.3 is 5.32 Å². The van der Waals surface area contributed by atoms with E-state index in [2.05, 4.69) is 10.0 Å². The van der Waals surface area contributed by atoms with E-state index < -0.39 is 10.0 Å². The van der Waals surface area contributed by atoms with Gasteiger partial charge in [0.1, 0.15) is 0 Å². The number of amides is 1. The zero-order valence-electron chi connectivity index (χ0n) is 15.5. The maximum absolute atomic E-state index is 12.3. The molecule has 0 saturated carbocycles. The summed E-state index contributed by atoms with van der Waals surface area (Å²) in [5.74, 6) is 0.196. The molecule has 140 valence electrons. The van der Waals surface area contributed by atoms with Gasteiger partial charge in [-0.15, -0.1) is 0 Å². The molecule has 0 heterocycles. The summed E-state index contributed by atoms with van der Waals surface area (Å²) in [6.07, 6.45) is 0.776. The zero-order chi connectivity index (χ0) is 19.2. The van der Waals surface area contributed by atoms with Crippen LogP contribution in [0.4, 0.5) is 0 Å². The fourth-order valence-electron chi connectivity index (χ4n) is 2.44. The molecule has 0 aliphatic heterocycles. The molecule has 0 atom stereocenters. The minimum Gasteiger partial charge on any atom is -0.348 e. The van der Waals surface area contributed by atoms with Crippen molar-refractivity contribution in [3.8, 4) is 0 Å². The predicted molar refractivity (Wildman–Crippen MR) is 103 cm³/mol. The van der Waals surface area contributed by atoms with Crippen molar-refractivity contribution in [1.29, 1.82) is 0 Å². The second kappa shape index (κ2) is 8.96. The molecule has 0 aromatic heterocycles. The van der Waals surface area contributed by atoms with Gasteiger partial charge in [-0.2, -0.15) is 0 Å². The largest absolute Gasteiger partial charge is 0.348 e. The number of carbonyl (C=O) groups excluding carboxylic acids is 1. The van der Waals surface area contributed by atoms with Crippen molar-refractivity contribution >= 4 is 15.9 Å². The number of nitrogens with one attached hydrogen (secondary N) is 2. The summed E-state index contributed by atoms with van der Waals surface area (Å²) in [5, 5.41) is 2.86. The number of benzene rings is 2. The Labute approximate surface area is 155 Å². The number of sulfonamides is 1. The summed E-state index contributed by atoms with van der Waals surface area (Å²) in [7, 11) is -3.54. The molecule has 2 N–H and O–H groups in total. The summed E-state index contributed by atoms with van der Waals surface area (Å²) in [6.45, 7) is 6.91. The van der Waals surface area contributed by atoms with Gasteiger partial charge in [-0.1, -0.05) is 38.1 Å². The number of hydrogen-bond acceptors (Lipinski definition) is 3. The highest BCUT2D eigenvalue weighted by molar-refractivity contribution is 7.89. The Balaban J connectivity index is 1.97. The molecule has 0 spiro atoms.